The molecule has 0 fully saturated rings. The predicted octanol–water partition coefficient (Wildman–Crippen LogP) is 2.83. The van der Waals surface area contributed by atoms with Crippen LogP contribution in [0.1, 0.15) is 16.1 Å². The molecule has 2 aromatic rings. The monoisotopic (exact) mass is 313 g/mol. The van der Waals surface area contributed by atoms with Crippen LogP contribution in [0.15, 0.2) is 24.5 Å². The molecule has 20 heavy (non-hydrogen) atoms. The second-order valence-electron chi connectivity index (χ2n) is 4.06. The zero-order valence-electron chi connectivity index (χ0n) is 10.7. The van der Waals surface area contributed by atoms with E-state index >= 15 is 0 Å². The van der Waals surface area contributed by atoms with Gasteiger partial charge in [-0.3, -0.25) is 4.79 Å². The van der Waals surface area contributed by atoms with Gasteiger partial charge in [0.15, 0.2) is 0 Å². The van der Waals surface area contributed by atoms with Crippen molar-refractivity contribution in [2.45, 2.75) is 6.92 Å². The Morgan fingerprint density at radius 1 is 1.50 bits per heavy atom. The highest BCUT2D eigenvalue weighted by Crippen LogP contribution is 2.24. The highest BCUT2D eigenvalue weighted by atomic mass is 35.5. The number of carbonyl (C=O) groups is 1. The third-order valence-electron chi connectivity index (χ3n) is 2.60. The van der Waals surface area contributed by atoms with Gasteiger partial charge in [-0.2, -0.15) is 0 Å². The Hall–Kier alpha value is -1.72. The number of carbonyl (C=O) groups excluding carboxylic acids is 1. The number of nitrogens with zero attached hydrogens (tertiary/aromatic N) is 1. The van der Waals surface area contributed by atoms with Crippen molar-refractivity contribution in [3.8, 4) is 5.88 Å². The average Bonchev–Trinajstić information content (AvgIpc) is 2.83. The van der Waals surface area contributed by atoms with Crippen molar-refractivity contribution in [2.24, 2.45) is 0 Å². The van der Waals surface area contributed by atoms with Gasteiger partial charge in [0.2, 0.25) is 5.88 Å². The van der Waals surface area contributed by atoms with Crippen molar-refractivity contribution in [2.75, 3.05) is 13.2 Å². The highest BCUT2D eigenvalue weighted by Gasteiger charge is 2.09. The Morgan fingerprint density at radius 2 is 2.30 bits per heavy atom. The maximum Gasteiger partial charge on any atom is 0.253 e. The van der Waals surface area contributed by atoms with Crippen LogP contribution >= 0.6 is 23.2 Å². The third-order valence-corrected chi connectivity index (χ3v) is 3.08. The van der Waals surface area contributed by atoms with Crippen LogP contribution in [-0.4, -0.2) is 29.0 Å². The number of ether oxygens (including phenoxy) is 1. The summed E-state index contributed by atoms with van der Waals surface area (Å²) in [6, 6.07) is 3.27. The van der Waals surface area contributed by atoms with E-state index in [2.05, 4.69) is 15.3 Å². The first-order chi connectivity index (χ1) is 9.58. The zero-order chi connectivity index (χ0) is 14.5. The van der Waals surface area contributed by atoms with E-state index in [1.54, 1.807) is 18.3 Å². The number of rotatable bonds is 5. The summed E-state index contributed by atoms with van der Waals surface area (Å²) in [5, 5.41) is 3.53. The summed E-state index contributed by atoms with van der Waals surface area (Å²) in [5.74, 6) is 0.144. The fraction of sp³-hybridized carbons (Fsp3) is 0.231. The molecule has 5 nitrogen and oxygen atoms in total. The molecule has 0 spiro atoms. The smallest absolute Gasteiger partial charge is 0.253 e. The fourth-order valence-corrected chi connectivity index (χ4v) is 2.05. The van der Waals surface area contributed by atoms with Crippen molar-refractivity contribution in [1.29, 1.82) is 0 Å². The van der Waals surface area contributed by atoms with Gasteiger partial charge < -0.3 is 15.0 Å². The molecule has 1 amide bonds. The minimum absolute atomic E-state index is 0.150. The Kier molecular flexibility index (Phi) is 4.87. The third kappa shape index (κ3) is 3.65. The van der Waals surface area contributed by atoms with Gasteiger partial charge in [0.05, 0.1) is 17.1 Å². The summed E-state index contributed by atoms with van der Waals surface area (Å²) in [5.41, 5.74) is 1.44. The minimum atomic E-state index is -0.150. The van der Waals surface area contributed by atoms with Crippen LogP contribution in [0, 0.1) is 6.92 Å². The van der Waals surface area contributed by atoms with Gasteiger partial charge in [-0.05, 0) is 19.1 Å². The molecule has 0 atom stereocenters. The standard InChI is InChI=1S/C13H13Cl2N3O2/c1-8-10(2-3-16-8)12(19)17-4-5-20-13-11(15)6-9(14)7-18-13/h2-3,6-7,16H,4-5H2,1H3,(H,17,19). The number of halogens is 2. The second-order valence-corrected chi connectivity index (χ2v) is 4.90. The van der Waals surface area contributed by atoms with Crippen molar-refractivity contribution in [3.05, 3.63) is 45.8 Å². The molecule has 0 bridgehead atoms. The van der Waals surface area contributed by atoms with Gasteiger partial charge in [-0.1, -0.05) is 23.2 Å². The topological polar surface area (TPSA) is 67.0 Å². The Morgan fingerprint density at radius 3 is 2.95 bits per heavy atom. The maximum absolute atomic E-state index is 11.8. The summed E-state index contributed by atoms with van der Waals surface area (Å²) in [6.45, 7) is 2.45. The lowest BCUT2D eigenvalue weighted by molar-refractivity contribution is 0.0946. The van der Waals surface area contributed by atoms with Gasteiger partial charge in [-0.15, -0.1) is 0 Å². The molecule has 0 radical (unpaired) electrons. The van der Waals surface area contributed by atoms with Crippen molar-refractivity contribution in [1.82, 2.24) is 15.3 Å². The first kappa shape index (κ1) is 14.7. The van der Waals surface area contributed by atoms with Gasteiger partial charge in [-0.25, -0.2) is 4.98 Å². The lowest BCUT2D eigenvalue weighted by Crippen LogP contribution is -2.28. The number of pyridine rings is 1. The van der Waals surface area contributed by atoms with Gasteiger partial charge >= 0.3 is 0 Å². The van der Waals surface area contributed by atoms with Crippen molar-refractivity contribution < 1.29 is 9.53 Å². The minimum Gasteiger partial charge on any atom is -0.475 e. The van der Waals surface area contributed by atoms with Crippen LogP contribution < -0.4 is 10.1 Å². The molecule has 0 unspecified atom stereocenters. The summed E-state index contributed by atoms with van der Waals surface area (Å²) in [6.07, 6.45) is 3.17. The molecule has 7 heteroatoms. The van der Waals surface area contributed by atoms with E-state index < -0.39 is 0 Å². The van der Waals surface area contributed by atoms with E-state index in [0.29, 0.717) is 28.0 Å². The van der Waals surface area contributed by atoms with Crippen LogP contribution in [0.2, 0.25) is 10.0 Å². The lowest BCUT2D eigenvalue weighted by atomic mass is 10.2. The van der Waals surface area contributed by atoms with Crippen LogP contribution in [0.3, 0.4) is 0 Å². The van der Waals surface area contributed by atoms with Crippen LogP contribution in [0.25, 0.3) is 0 Å². The molecule has 2 N–H and O–H groups in total. The molecule has 0 saturated heterocycles. The van der Waals surface area contributed by atoms with Gasteiger partial charge in [0.1, 0.15) is 11.6 Å². The van der Waals surface area contributed by atoms with Gasteiger partial charge in [0, 0.05) is 18.1 Å². The van der Waals surface area contributed by atoms with Crippen molar-refractivity contribution >= 4 is 29.1 Å². The number of H-pyrrole nitrogens is 1. The molecule has 2 aromatic heterocycles. The number of hydrogen-bond donors (Lipinski definition) is 2. The quantitative estimate of drug-likeness (QED) is 0.834. The first-order valence-corrected chi connectivity index (χ1v) is 6.69. The molecule has 2 rings (SSSR count). The van der Waals surface area contributed by atoms with E-state index in [1.807, 2.05) is 6.92 Å². The molecular weight excluding hydrogens is 301 g/mol. The fourth-order valence-electron chi connectivity index (χ4n) is 1.61. The molecule has 106 valence electrons. The number of aromatic amines is 1. The highest BCUT2D eigenvalue weighted by molar-refractivity contribution is 6.35. The van der Waals surface area contributed by atoms with E-state index in [4.69, 9.17) is 27.9 Å². The van der Waals surface area contributed by atoms with E-state index in [0.717, 1.165) is 5.69 Å². The summed E-state index contributed by atoms with van der Waals surface area (Å²) in [4.78, 5) is 18.7. The second kappa shape index (κ2) is 6.63. The molecule has 0 aromatic carbocycles. The first-order valence-electron chi connectivity index (χ1n) is 5.94. The number of amides is 1. The molecular formula is C13H13Cl2N3O2. The molecule has 0 saturated carbocycles. The molecule has 2 heterocycles. The molecule has 0 aliphatic heterocycles. The summed E-state index contributed by atoms with van der Waals surface area (Å²) in [7, 11) is 0. The Balaban J connectivity index is 1.79. The van der Waals surface area contributed by atoms with Crippen LogP contribution in [-0.2, 0) is 0 Å². The Labute approximate surface area is 126 Å². The largest absolute Gasteiger partial charge is 0.475 e. The van der Waals surface area contributed by atoms with Crippen LogP contribution in [0.4, 0.5) is 0 Å². The number of hydrogen-bond acceptors (Lipinski definition) is 3. The summed E-state index contributed by atoms with van der Waals surface area (Å²) >= 11 is 11.6. The summed E-state index contributed by atoms with van der Waals surface area (Å²) < 4.78 is 5.37. The maximum atomic E-state index is 11.8. The molecule has 0 aliphatic carbocycles. The Bertz CT molecular complexity index is 613. The van der Waals surface area contributed by atoms with E-state index in [9.17, 15) is 4.79 Å². The average molecular weight is 314 g/mol. The lowest BCUT2D eigenvalue weighted by Gasteiger charge is -2.08. The van der Waals surface area contributed by atoms with Crippen molar-refractivity contribution in [3.63, 3.8) is 0 Å². The number of aryl methyl sites for hydroxylation is 1. The van der Waals surface area contributed by atoms with Crippen LogP contribution in [0.5, 0.6) is 5.88 Å². The zero-order valence-corrected chi connectivity index (χ0v) is 12.3. The van der Waals surface area contributed by atoms with Gasteiger partial charge in [0.25, 0.3) is 5.91 Å². The van der Waals surface area contributed by atoms with E-state index in [-0.39, 0.29) is 12.5 Å². The predicted molar refractivity (Wildman–Crippen MR) is 77.6 cm³/mol. The van der Waals surface area contributed by atoms with E-state index in [1.165, 1.54) is 6.20 Å². The number of nitrogens with one attached hydrogen (secondary N) is 2. The molecule has 0 aliphatic rings. The normalized spacial score (nSPS) is 10.3. The number of aromatic nitrogens is 2. The SMILES string of the molecule is Cc1[nH]ccc1C(=O)NCCOc1ncc(Cl)cc1Cl.